The van der Waals surface area contributed by atoms with Crippen LogP contribution in [0, 0.1) is 12.7 Å². The van der Waals surface area contributed by atoms with Gasteiger partial charge in [0.1, 0.15) is 5.82 Å². The molecule has 25 heavy (non-hydrogen) atoms. The van der Waals surface area contributed by atoms with Crippen molar-refractivity contribution in [2.45, 2.75) is 6.92 Å². The number of carbonyl (C=O) groups excluding carboxylic acids is 1. The number of nitrogens with zero attached hydrogens (tertiary/aromatic N) is 2. The number of benzene rings is 2. The van der Waals surface area contributed by atoms with Gasteiger partial charge in [-0.25, -0.2) is 4.39 Å². The Morgan fingerprint density at radius 2 is 1.80 bits per heavy atom. The molecule has 0 aliphatic rings. The van der Waals surface area contributed by atoms with Crippen LogP contribution in [0.3, 0.4) is 0 Å². The number of nitrogens with one attached hydrogen (secondary N) is 2. The summed E-state index contributed by atoms with van der Waals surface area (Å²) in [6, 6.07) is 14.1. The summed E-state index contributed by atoms with van der Waals surface area (Å²) in [5, 5.41) is 14.2. The van der Waals surface area contributed by atoms with Crippen molar-refractivity contribution in [1.82, 2.24) is 10.2 Å². The Morgan fingerprint density at radius 1 is 1.04 bits per heavy atom. The van der Waals surface area contributed by atoms with E-state index in [1.807, 2.05) is 13.0 Å². The quantitative estimate of drug-likeness (QED) is 0.718. The molecular formula is C18H14ClFN4O. The van der Waals surface area contributed by atoms with E-state index >= 15 is 0 Å². The molecule has 1 heterocycles. The lowest BCUT2D eigenvalue weighted by Gasteiger charge is -2.09. The number of aryl methyl sites for hydroxylation is 1. The summed E-state index contributed by atoms with van der Waals surface area (Å²) in [7, 11) is 0. The van der Waals surface area contributed by atoms with E-state index in [1.54, 1.807) is 24.3 Å². The number of hydrogen-bond donors (Lipinski definition) is 2. The number of carbonyl (C=O) groups is 1. The smallest absolute Gasteiger partial charge is 0.276 e. The molecule has 0 saturated heterocycles. The minimum absolute atomic E-state index is 0.151. The number of hydrogen-bond acceptors (Lipinski definition) is 4. The van der Waals surface area contributed by atoms with Crippen LogP contribution in [0.2, 0.25) is 5.02 Å². The first-order chi connectivity index (χ1) is 12.0. The van der Waals surface area contributed by atoms with Crippen LogP contribution in [0.5, 0.6) is 0 Å². The van der Waals surface area contributed by atoms with Gasteiger partial charge in [-0.2, -0.15) is 0 Å². The average molecular weight is 357 g/mol. The highest BCUT2D eigenvalue weighted by atomic mass is 35.5. The van der Waals surface area contributed by atoms with Gasteiger partial charge in [-0.3, -0.25) is 4.79 Å². The Bertz CT molecular complexity index is 898. The number of rotatable bonds is 4. The fraction of sp³-hybridized carbons (Fsp3) is 0.0556. The maximum Gasteiger partial charge on any atom is 0.276 e. The number of amides is 1. The second-order valence-corrected chi connectivity index (χ2v) is 5.79. The summed E-state index contributed by atoms with van der Waals surface area (Å²) < 4.78 is 12.9. The predicted molar refractivity (Wildman–Crippen MR) is 95.9 cm³/mol. The zero-order chi connectivity index (χ0) is 17.8. The van der Waals surface area contributed by atoms with Crippen molar-refractivity contribution in [1.29, 1.82) is 0 Å². The first-order valence-corrected chi connectivity index (χ1v) is 7.83. The SMILES string of the molecule is Cc1ccc(Cl)cc1Nc1ccc(C(=O)Nc2ccc(F)cc2)nn1. The summed E-state index contributed by atoms with van der Waals surface area (Å²) in [6.07, 6.45) is 0. The number of aromatic nitrogens is 2. The van der Waals surface area contributed by atoms with Crippen LogP contribution >= 0.6 is 11.6 Å². The molecule has 0 bridgehead atoms. The third-order valence-electron chi connectivity index (χ3n) is 3.46. The molecule has 0 aliphatic heterocycles. The van der Waals surface area contributed by atoms with Crippen molar-refractivity contribution < 1.29 is 9.18 Å². The summed E-state index contributed by atoms with van der Waals surface area (Å²) in [5.74, 6) is -0.308. The summed E-state index contributed by atoms with van der Waals surface area (Å²) >= 11 is 5.98. The van der Waals surface area contributed by atoms with Crippen LogP contribution in [0.25, 0.3) is 0 Å². The highest BCUT2D eigenvalue weighted by Gasteiger charge is 2.09. The topological polar surface area (TPSA) is 66.9 Å². The van der Waals surface area contributed by atoms with Gasteiger partial charge in [0.2, 0.25) is 0 Å². The Morgan fingerprint density at radius 3 is 2.48 bits per heavy atom. The fourth-order valence-corrected chi connectivity index (χ4v) is 2.29. The molecule has 0 fully saturated rings. The molecule has 0 aliphatic carbocycles. The molecule has 0 radical (unpaired) electrons. The maximum absolute atomic E-state index is 12.9. The van der Waals surface area contributed by atoms with Crippen LogP contribution in [0.4, 0.5) is 21.6 Å². The Hall–Kier alpha value is -2.99. The first-order valence-electron chi connectivity index (χ1n) is 7.45. The zero-order valence-corrected chi connectivity index (χ0v) is 14.0. The normalized spacial score (nSPS) is 10.4. The van der Waals surface area contributed by atoms with Crippen LogP contribution in [0.1, 0.15) is 16.1 Å². The molecule has 126 valence electrons. The fourth-order valence-electron chi connectivity index (χ4n) is 2.12. The van der Waals surface area contributed by atoms with E-state index in [0.29, 0.717) is 16.5 Å². The van der Waals surface area contributed by atoms with E-state index < -0.39 is 5.91 Å². The number of halogens is 2. The van der Waals surface area contributed by atoms with Crippen molar-refractivity contribution in [2.75, 3.05) is 10.6 Å². The highest BCUT2D eigenvalue weighted by Crippen LogP contribution is 2.23. The molecule has 5 nitrogen and oxygen atoms in total. The molecular weight excluding hydrogens is 343 g/mol. The predicted octanol–water partition coefficient (Wildman–Crippen LogP) is 4.57. The van der Waals surface area contributed by atoms with E-state index in [-0.39, 0.29) is 11.5 Å². The van der Waals surface area contributed by atoms with Crippen molar-refractivity contribution >= 4 is 34.7 Å². The van der Waals surface area contributed by atoms with Crippen LogP contribution in [-0.4, -0.2) is 16.1 Å². The van der Waals surface area contributed by atoms with Gasteiger partial charge in [0.15, 0.2) is 11.5 Å². The second kappa shape index (κ2) is 7.27. The van der Waals surface area contributed by atoms with Crippen LogP contribution in [-0.2, 0) is 0 Å². The Kier molecular flexibility index (Phi) is 4.90. The lowest BCUT2D eigenvalue weighted by molar-refractivity contribution is 0.102. The minimum atomic E-state index is -0.426. The average Bonchev–Trinajstić information content (AvgIpc) is 2.61. The molecule has 0 unspecified atom stereocenters. The van der Waals surface area contributed by atoms with E-state index in [1.165, 1.54) is 24.3 Å². The highest BCUT2D eigenvalue weighted by molar-refractivity contribution is 6.30. The zero-order valence-electron chi connectivity index (χ0n) is 13.3. The molecule has 1 aromatic heterocycles. The van der Waals surface area contributed by atoms with E-state index in [2.05, 4.69) is 20.8 Å². The molecule has 2 aromatic carbocycles. The van der Waals surface area contributed by atoms with Gasteiger partial charge in [-0.05, 0) is 61.0 Å². The number of anilines is 3. The van der Waals surface area contributed by atoms with Gasteiger partial charge in [0.25, 0.3) is 5.91 Å². The van der Waals surface area contributed by atoms with Crippen molar-refractivity contribution in [3.8, 4) is 0 Å². The first kappa shape index (κ1) is 16.9. The third-order valence-corrected chi connectivity index (χ3v) is 3.70. The van der Waals surface area contributed by atoms with E-state index in [4.69, 9.17) is 11.6 Å². The minimum Gasteiger partial charge on any atom is -0.338 e. The van der Waals surface area contributed by atoms with Gasteiger partial charge < -0.3 is 10.6 Å². The third kappa shape index (κ3) is 4.30. The molecule has 7 heteroatoms. The van der Waals surface area contributed by atoms with Gasteiger partial charge in [0.05, 0.1) is 0 Å². The monoisotopic (exact) mass is 356 g/mol. The van der Waals surface area contributed by atoms with Crippen molar-refractivity contribution in [2.24, 2.45) is 0 Å². The molecule has 0 saturated carbocycles. The second-order valence-electron chi connectivity index (χ2n) is 5.35. The molecule has 3 aromatic rings. The van der Waals surface area contributed by atoms with Gasteiger partial charge >= 0.3 is 0 Å². The summed E-state index contributed by atoms with van der Waals surface area (Å²) in [4.78, 5) is 12.1. The maximum atomic E-state index is 12.9. The van der Waals surface area contributed by atoms with Crippen molar-refractivity contribution in [3.05, 3.63) is 76.7 Å². The summed E-state index contributed by atoms with van der Waals surface area (Å²) in [5.41, 5.74) is 2.44. The molecule has 3 rings (SSSR count). The lowest BCUT2D eigenvalue weighted by Crippen LogP contribution is -2.14. The molecule has 1 amide bonds. The Balaban J connectivity index is 1.70. The van der Waals surface area contributed by atoms with Gasteiger partial charge in [-0.1, -0.05) is 17.7 Å². The molecule has 0 atom stereocenters. The van der Waals surface area contributed by atoms with Crippen molar-refractivity contribution in [3.63, 3.8) is 0 Å². The molecule has 0 spiro atoms. The standard InChI is InChI=1S/C18H14ClFN4O/c1-11-2-3-12(19)10-16(11)22-17-9-8-15(23-24-17)18(25)21-14-6-4-13(20)5-7-14/h2-10H,1H3,(H,21,25)(H,22,24). The van der Waals surface area contributed by atoms with Crippen LogP contribution in [0.15, 0.2) is 54.6 Å². The largest absolute Gasteiger partial charge is 0.338 e. The van der Waals surface area contributed by atoms with Gasteiger partial charge in [-0.15, -0.1) is 10.2 Å². The lowest BCUT2D eigenvalue weighted by atomic mass is 10.2. The molecule has 2 N–H and O–H groups in total. The van der Waals surface area contributed by atoms with E-state index in [9.17, 15) is 9.18 Å². The van der Waals surface area contributed by atoms with Crippen LogP contribution < -0.4 is 10.6 Å². The van der Waals surface area contributed by atoms with Gasteiger partial charge in [0, 0.05) is 16.4 Å². The summed E-state index contributed by atoms with van der Waals surface area (Å²) in [6.45, 7) is 1.94. The van der Waals surface area contributed by atoms with E-state index in [0.717, 1.165) is 11.3 Å². The Labute approximate surface area is 148 Å².